The van der Waals surface area contributed by atoms with Gasteiger partial charge < -0.3 is 34.3 Å². The first-order valence-corrected chi connectivity index (χ1v) is 15.4. The minimum atomic E-state index is -2.60. The lowest BCUT2D eigenvalue weighted by Gasteiger charge is -2.44. The molecule has 0 spiro atoms. The molecule has 48 heavy (non-hydrogen) atoms. The second-order valence-corrected chi connectivity index (χ2v) is 13.3. The lowest BCUT2D eigenvalue weighted by atomic mass is 9.71. The summed E-state index contributed by atoms with van der Waals surface area (Å²) in [6.07, 6.45) is -6.40. The molecular weight excluding hydrogens is 632 g/mol. The molecule has 0 heterocycles. The number of carbonyl (C=O) groups is 5. The number of hydrogen-bond donors (Lipinski definition) is 4. The first kappa shape index (κ1) is 40.5. The van der Waals surface area contributed by atoms with Crippen molar-refractivity contribution in [2.24, 2.45) is 17.3 Å². The molecule has 1 saturated carbocycles. The molecule has 10 atom stereocenters. The highest BCUT2D eigenvalue weighted by molar-refractivity contribution is 5.97. The van der Waals surface area contributed by atoms with E-state index in [1.165, 1.54) is 46.8 Å². The minimum absolute atomic E-state index is 0.108. The standard InChI is InChI=1S/C34H48O14/c1-12-16(2)29(38)47-27-19(5)26(44-21(7)35)23-25(46-30(39)18(4)20(6)48-43)17(3)15-34(23,42)31(40)33(11,41)14-13-32(9,10)28(24(27)37)45-22(8)36/h12-14,17,20,23-28,37,41-43H,4-5,15H2,1-3,6-11H3. The van der Waals surface area contributed by atoms with Crippen molar-refractivity contribution in [3.05, 3.63) is 48.1 Å². The molecule has 0 aliphatic heterocycles. The summed E-state index contributed by atoms with van der Waals surface area (Å²) in [5, 5.41) is 44.8. The average Bonchev–Trinajstić information content (AvgIpc) is 3.26. The minimum Gasteiger partial charge on any atom is -0.459 e. The van der Waals surface area contributed by atoms with Crippen molar-refractivity contribution < 1.29 is 68.4 Å². The van der Waals surface area contributed by atoms with Crippen molar-refractivity contribution in [1.82, 2.24) is 0 Å². The van der Waals surface area contributed by atoms with Crippen LogP contribution in [0.3, 0.4) is 0 Å². The fraction of sp³-hybridized carbons (Fsp3) is 0.618. The van der Waals surface area contributed by atoms with Crippen LogP contribution in [-0.2, 0) is 47.8 Å². The highest BCUT2D eigenvalue weighted by Gasteiger charge is 2.65. The van der Waals surface area contributed by atoms with Crippen LogP contribution in [-0.4, -0.2) is 98.1 Å². The van der Waals surface area contributed by atoms with Gasteiger partial charge in [-0.3, -0.25) is 19.6 Å². The first-order chi connectivity index (χ1) is 22.0. The topological polar surface area (TPSA) is 212 Å². The summed E-state index contributed by atoms with van der Waals surface area (Å²) < 4.78 is 22.6. The van der Waals surface area contributed by atoms with E-state index in [-0.39, 0.29) is 16.7 Å². The van der Waals surface area contributed by atoms with Crippen LogP contribution in [0.2, 0.25) is 0 Å². The van der Waals surface area contributed by atoms with Crippen molar-refractivity contribution in [1.29, 1.82) is 0 Å². The highest BCUT2D eigenvalue weighted by Crippen LogP contribution is 2.49. The molecule has 2 aliphatic carbocycles. The molecular formula is C34H48O14. The quantitative estimate of drug-likeness (QED) is 0.0724. The maximum atomic E-state index is 14.3. The number of allylic oxidation sites excluding steroid dienone is 1. The Morgan fingerprint density at radius 3 is 2.02 bits per heavy atom. The van der Waals surface area contributed by atoms with Crippen LogP contribution in [0.1, 0.15) is 68.7 Å². The molecule has 268 valence electrons. The van der Waals surface area contributed by atoms with E-state index in [9.17, 15) is 39.3 Å². The van der Waals surface area contributed by atoms with Gasteiger partial charge in [0.1, 0.15) is 41.7 Å². The number of carbonyl (C=O) groups excluding carboxylic acids is 5. The summed E-state index contributed by atoms with van der Waals surface area (Å²) in [6.45, 7) is 19.6. The lowest BCUT2D eigenvalue weighted by molar-refractivity contribution is -0.264. The van der Waals surface area contributed by atoms with Crippen molar-refractivity contribution in [2.45, 2.75) is 117 Å². The fourth-order valence-electron chi connectivity index (χ4n) is 6.05. The lowest BCUT2D eigenvalue weighted by Crippen LogP contribution is -2.60. The number of esters is 4. The number of Topliss-reactive ketones (excluding diaryl/α,β-unsaturated/α-hetero) is 1. The molecule has 4 N–H and O–H groups in total. The highest BCUT2D eigenvalue weighted by atomic mass is 17.1. The normalized spacial score (nSPS) is 34.5. The Kier molecular flexibility index (Phi) is 12.9. The van der Waals surface area contributed by atoms with Crippen LogP contribution >= 0.6 is 0 Å². The van der Waals surface area contributed by atoms with Crippen LogP contribution in [0.25, 0.3) is 0 Å². The van der Waals surface area contributed by atoms with Gasteiger partial charge in [0, 0.05) is 30.4 Å². The molecule has 0 amide bonds. The molecule has 14 nitrogen and oxygen atoms in total. The van der Waals surface area contributed by atoms with E-state index in [2.05, 4.69) is 18.0 Å². The summed E-state index contributed by atoms with van der Waals surface area (Å²) in [6, 6.07) is 0. The monoisotopic (exact) mass is 680 g/mol. The SMILES string of the molecule is C=C(C(=O)OC1C(C)CC2(O)C(=O)C(C)(O)C=CC(C)(C)C(OC(C)=O)C(O)C(OC(=O)C(C)=CC)C(=C)C(OC(C)=O)C12)C(C)OO. The second-order valence-electron chi connectivity index (χ2n) is 13.3. The molecule has 0 bridgehead atoms. The molecule has 0 aromatic carbocycles. The van der Waals surface area contributed by atoms with Crippen LogP contribution in [0, 0.1) is 17.3 Å². The molecule has 0 saturated heterocycles. The van der Waals surface area contributed by atoms with Gasteiger partial charge >= 0.3 is 23.9 Å². The van der Waals surface area contributed by atoms with Crippen molar-refractivity contribution in [3.63, 3.8) is 0 Å². The zero-order chi connectivity index (χ0) is 37.1. The van der Waals surface area contributed by atoms with Gasteiger partial charge in [-0.2, -0.15) is 0 Å². The van der Waals surface area contributed by atoms with Crippen molar-refractivity contribution >= 4 is 29.7 Å². The van der Waals surface area contributed by atoms with Crippen LogP contribution in [0.5, 0.6) is 0 Å². The number of aliphatic hydroxyl groups is 3. The number of ketones is 1. The average molecular weight is 681 g/mol. The predicted octanol–water partition coefficient (Wildman–Crippen LogP) is 2.29. The van der Waals surface area contributed by atoms with Gasteiger partial charge in [-0.05, 0) is 46.1 Å². The van der Waals surface area contributed by atoms with Gasteiger partial charge in [-0.1, -0.05) is 46.1 Å². The summed E-state index contributed by atoms with van der Waals surface area (Å²) in [5.74, 6) is -7.59. The number of ether oxygens (including phenoxy) is 4. The van der Waals surface area contributed by atoms with Gasteiger partial charge in [-0.15, -0.1) is 0 Å². The van der Waals surface area contributed by atoms with Gasteiger partial charge in [0.25, 0.3) is 0 Å². The summed E-state index contributed by atoms with van der Waals surface area (Å²) in [7, 11) is 0. The van der Waals surface area contributed by atoms with Crippen LogP contribution < -0.4 is 0 Å². The maximum absolute atomic E-state index is 14.3. The van der Waals surface area contributed by atoms with E-state index in [1.54, 1.807) is 6.92 Å². The smallest absolute Gasteiger partial charge is 0.336 e. The number of hydrogen-bond acceptors (Lipinski definition) is 14. The second kappa shape index (κ2) is 15.2. The summed E-state index contributed by atoms with van der Waals surface area (Å²) in [4.78, 5) is 69.7. The maximum Gasteiger partial charge on any atom is 0.336 e. The number of fused-ring (bicyclic) bond motifs is 1. The van der Waals surface area contributed by atoms with E-state index in [4.69, 9.17) is 24.2 Å². The van der Waals surface area contributed by atoms with Gasteiger partial charge in [-0.25, -0.2) is 14.5 Å². The summed E-state index contributed by atoms with van der Waals surface area (Å²) in [5.41, 5.74) is -7.00. The van der Waals surface area contributed by atoms with E-state index >= 15 is 0 Å². The molecule has 0 aromatic rings. The molecule has 1 fully saturated rings. The number of rotatable bonds is 8. The molecule has 10 unspecified atom stereocenters. The summed E-state index contributed by atoms with van der Waals surface area (Å²) >= 11 is 0. The Morgan fingerprint density at radius 2 is 1.52 bits per heavy atom. The Morgan fingerprint density at radius 1 is 0.958 bits per heavy atom. The molecule has 0 radical (unpaired) electrons. The first-order valence-electron chi connectivity index (χ1n) is 15.4. The zero-order valence-corrected chi connectivity index (χ0v) is 28.8. The van der Waals surface area contributed by atoms with Crippen molar-refractivity contribution in [3.8, 4) is 0 Å². The predicted molar refractivity (Wildman–Crippen MR) is 169 cm³/mol. The molecule has 14 heteroatoms. The largest absolute Gasteiger partial charge is 0.459 e. The third-order valence-electron chi connectivity index (χ3n) is 8.93. The molecule has 2 rings (SSSR count). The van der Waals surface area contributed by atoms with E-state index in [0.717, 1.165) is 26.8 Å². The van der Waals surface area contributed by atoms with Gasteiger partial charge in [0.15, 0.2) is 11.9 Å². The Balaban J connectivity index is 3.02. The molecule has 0 aromatic heterocycles. The van der Waals surface area contributed by atoms with E-state index < -0.39 is 101 Å². The molecule has 2 aliphatic rings. The third-order valence-corrected chi connectivity index (χ3v) is 8.93. The van der Waals surface area contributed by atoms with E-state index in [0.29, 0.717) is 0 Å². The third kappa shape index (κ3) is 8.47. The van der Waals surface area contributed by atoms with Crippen LogP contribution in [0.15, 0.2) is 48.1 Å². The Labute approximate surface area is 279 Å². The van der Waals surface area contributed by atoms with Crippen LogP contribution in [0.4, 0.5) is 0 Å². The zero-order valence-electron chi connectivity index (χ0n) is 28.8. The number of aliphatic hydroxyl groups excluding tert-OH is 1. The fourth-order valence-corrected chi connectivity index (χ4v) is 6.05. The Hall–Kier alpha value is -3.69. The van der Waals surface area contributed by atoms with Crippen molar-refractivity contribution in [2.75, 3.05) is 0 Å². The van der Waals surface area contributed by atoms with Gasteiger partial charge in [0.05, 0.1) is 11.5 Å². The van der Waals surface area contributed by atoms with E-state index in [1.807, 2.05) is 0 Å². The van der Waals surface area contributed by atoms with Gasteiger partial charge in [0.2, 0.25) is 0 Å². The Bertz CT molecular complexity index is 1370.